The number of halogens is 5. The summed E-state index contributed by atoms with van der Waals surface area (Å²) in [5.41, 5.74) is 0. The van der Waals surface area contributed by atoms with Crippen LogP contribution < -0.4 is 113 Å². The van der Waals surface area contributed by atoms with Crippen molar-refractivity contribution < 1.29 is 113 Å². The molecule has 0 N–H and O–H groups in total. The fourth-order valence-electron chi connectivity index (χ4n) is 0. The van der Waals surface area contributed by atoms with Crippen molar-refractivity contribution >= 4 is 60.8 Å². The van der Waals surface area contributed by atoms with Crippen LogP contribution in [0.2, 0.25) is 0 Å². The summed E-state index contributed by atoms with van der Waals surface area (Å²) in [7, 11) is 0. The van der Waals surface area contributed by atoms with Gasteiger partial charge in [-0.2, -0.15) is 0 Å². The maximum Gasteiger partial charge on any atom is 2.00 e. The van der Waals surface area contributed by atoms with Gasteiger partial charge in [-0.3, -0.25) is 0 Å². The largest absolute Gasteiger partial charge is 2.00 e. The van der Waals surface area contributed by atoms with Gasteiger partial charge in [0.15, 0.2) is 0 Å². The number of rotatable bonds is 0. The molecule has 0 radical (unpaired) electrons. The Balaban J connectivity index is 0. The summed E-state index contributed by atoms with van der Waals surface area (Å²) < 4.78 is 0. The molecule has 0 aliphatic carbocycles. The van der Waals surface area contributed by atoms with Crippen LogP contribution in [0.3, 0.4) is 0 Å². The fourth-order valence-corrected chi connectivity index (χ4v) is 0. The van der Waals surface area contributed by atoms with Gasteiger partial charge < -0.3 is 62.0 Å². The third-order valence-corrected chi connectivity index (χ3v) is 0. The zero-order chi connectivity index (χ0) is 0. The Kier molecular flexibility index (Phi) is 527. The van der Waals surface area contributed by atoms with Crippen molar-refractivity contribution in [2.24, 2.45) is 0 Å². The van der Waals surface area contributed by atoms with Crippen LogP contribution >= 0.6 is 0 Å². The third kappa shape index (κ3) is 43.5. The van der Waals surface area contributed by atoms with E-state index >= 15 is 0 Å². The van der Waals surface area contributed by atoms with Gasteiger partial charge in [0.2, 0.25) is 0 Å². The molecule has 0 atom stereocenters. The van der Waals surface area contributed by atoms with Crippen molar-refractivity contribution in [2.75, 3.05) is 0 Å². The summed E-state index contributed by atoms with van der Waals surface area (Å²) in [4.78, 5) is 0. The van der Waals surface area contributed by atoms with Crippen LogP contribution in [0, 0.1) is 0 Å². The average Bonchev–Trinajstić information content (AvgIpc) is 0. The number of hydrogen-bond donors (Lipinski definition) is 0. The minimum absolute atomic E-state index is 0. The second kappa shape index (κ2) is 57.2. The van der Waals surface area contributed by atoms with E-state index in [1.807, 2.05) is 0 Å². The normalized spacial score (nSPS) is 0. The Labute approximate surface area is 169 Å². The standard InChI is InChI=1S/Ca.5ClH.K.Mg/h;5*1H;;/q+2;;;;;;+1;+2/p-5. The van der Waals surface area contributed by atoms with E-state index in [1.54, 1.807) is 0 Å². The molecule has 0 bridgehead atoms. The van der Waals surface area contributed by atoms with Gasteiger partial charge in [0, 0.05) is 0 Å². The molecule has 0 aromatic heterocycles. The molecule has 0 nitrogen and oxygen atoms in total. The average molecular weight is 281 g/mol. The SMILES string of the molecule is [Ca+2].[Cl-].[Cl-].[Cl-].[Cl-].[Cl-].[K+].[Mg+2]. The Hall–Kier alpha value is 5.11. The van der Waals surface area contributed by atoms with Crippen LogP contribution in [-0.2, 0) is 0 Å². The second-order valence-corrected chi connectivity index (χ2v) is 0. The predicted octanol–water partition coefficient (Wildman–Crippen LogP) is -18.7. The summed E-state index contributed by atoms with van der Waals surface area (Å²) in [5, 5.41) is 0. The van der Waals surface area contributed by atoms with Crippen LogP contribution in [-0.4, -0.2) is 60.8 Å². The van der Waals surface area contributed by atoms with Crippen LogP contribution in [0.5, 0.6) is 0 Å². The smallest absolute Gasteiger partial charge is 1.00 e. The maximum absolute atomic E-state index is 0. The van der Waals surface area contributed by atoms with Gasteiger partial charge in [-0.05, 0) is 0 Å². The van der Waals surface area contributed by atoms with E-state index in [0.29, 0.717) is 0 Å². The molecule has 0 spiro atoms. The first-order valence-electron chi connectivity index (χ1n) is 0. The van der Waals surface area contributed by atoms with Crippen LogP contribution in [0.25, 0.3) is 0 Å². The zero-order valence-electron chi connectivity index (χ0n) is 4.30. The molecule has 40 valence electrons. The van der Waals surface area contributed by atoms with E-state index in [4.69, 9.17) is 0 Å². The van der Waals surface area contributed by atoms with Crippen molar-refractivity contribution in [3.8, 4) is 0 Å². The summed E-state index contributed by atoms with van der Waals surface area (Å²) in [5.74, 6) is 0. The Bertz CT molecular complexity index is 12.4. The first kappa shape index (κ1) is 73.6. The monoisotopic (exact) mass is 278 g/mol. The molecule has 0 amide bonds. The van der Waals surface area contributed by atoms with Crippen molar-refractivity contribution in [1.29, 1.82) is 0 Å². The molecule has 0 rings (SSSR count). The van der Waals surface area contributed by atoms with Gasteiger partial charge in [-0.1, -0.05) is 0 Å². The first-order chi connectivity index (χ1) is 0. The van der Waals surface area contributed by atoms with E-state index < -0.39 is 0 Å². The second-order valence-electron chi connectivity index (χ2n) is 0. The van der Waals surface area contributed by atoms with Crippen LogP contribution in [0.15, 0.2) is 0 Å². The minimum Gasteiger partial charge on any atom is -1.00 e. The summed E-state index contributed by atoms with van der Waals surface area (Å²) in [6.07, 6.45) is 0. The number of hydrogen-bond acceptors (Lipinski definition) is 0. The van der Waals surface area contributed by atoms with Gasteiger partial charge in [0.1, 0.15) is 0 Å². The Morgan fingerprint density at radius 3 is 0.500 bits per heavy atom. The first-order valence-corrected chi connectivity index (χ1v) is 0. The van der Waals surface area contributed by atoms with Crippen molar-refractivity contribution in [3.05, 3.63) is 0 Å². The van der Waals surface area contributed by atoms with E-state index in [-0.39, 0.29) is 174 Å². The minimum atomic E-state index is 0. The molecule has 0 unspecified atom stereocenters. The fraction of sp³-hybridized carbons (Fsp3) is 0. The molecule has 0 aliphatic rings. The third-order valence-electron chi connectivity index (χ3n) is 0. The topological polar surface area (TPSA) is 0 Å². The predicted molar refractivity (Wildman–Crippen MR) is 11.5 cm³/mol. The van der Waals surface area contributed by atoms with Crippen molar-refractivity contribution in [2.45, 2.75) is 0 Å². The van der Waals surface area contributed by atoms with E-state index in [1.165, 1.54) is 0 Å². The van der Waals surface area contributed by atoms with Gasteiger partial charge in [-0.25, -0.2) is 0 Å². The van der Waals surface area contributed by atoms with E-state index in [2.05, 4.69) is 0 Å². The van der Waals surface area contributed by atoms with E-state index in [0.717, 1.165) is 0 Å². The van der Waals surface area contributed by atoms with Gasteiger partial charge >= 0.3 is 112 Å². The van der Waals surface area contributed by atoms with E-state index in [9.17, 15) is 0 Å². The van der Waals surface area contributed by atoms with Crippen molar-refractivity contribution in [1.82, 2.24) is 0 Å². The molecule has 0 saturated carbocycles. The molecule has 8 heavy (non-hydrogen) atoms. The molecular weight excluding hydrogens is 281 g/mol. The summed E-state index contributed by atoms with van der Waals surface area (Å²) in [6.45, 7) is 0. The Morgan fingerprint density at radius 1 is 0.500 bits per heavy atom. The molecule has 0 heterocycles. The van der Waals surface area contributed by atoms with Gasteiger partial charge in [0.25, 0.3) is 0 Å². The molecular formula is CaCl5KMg. The molecule has 0 aliphatic heterocycles. The zero-order valence-corrected chi connectivity index (χ0v) is 14.8. The molecule has 0 aromatic carbocycles. The van der Waals surface area contributed by atoms with Crippen LogP contribution in [0.4, 0.5) is 0 Å². The Morgan fingerprint density at radius 2 is 0.500 bits per heavy atom. The quantitative estimate of drug-likeness (QED) is 0.387. The molecule has 0 fully saturated rings. The van der Waals surface area contributed by atoms with Gasteiger partial charge in [0.05, 0.1) is 0 Å². The van der Waals surface area contributed by atoms with Crippen molar-refractivity contribution in [3.63, 3.8) is 0 Å². The summed E-state index contributed by atoms with van der Waals surface area (Å²) in [6, 6.07) is 0. The molecule has 8 heteroatoms. The molecule has 0 aromatic rings. The van der Waals surface area contributed by atoms with Gasteiger partial charge in [-0.15, -0.1) is 0 Å². The maximum atomic E-state index is 0. The van der Waals surface area contributed by atoms with Crippen LogP contribution in [0.1, 0.15) is 0 Å². The summed E-state index contributed by atoms with van der Waals surface area (Å²) >= 11 is 0. The molecule has 0 saturated heterocycles.